The molecule has 4 aromatic rings. The summed E-state index contributed by atoms with van der Waals surface area (Å²) in [6, 6.07) is 18.2. The Hall–Kier alpha value is -2.02. The van der Waals surface area contributed by atoms with Crippen molar-refractivity contribution in [2.75, 3.05) is 5.32 Å². The van der Waals surface area contributed by atoms with Crippen molar-refractivity contribution in [2.24, 2.45) is 0 Å². The third kappa shape index (κ3) is 3.66. The van der Waals surface area contributed by atoms with Gasteiger partial charge in [-0.25, -0.2) is 4.98 Å². The summed E-state index contributed by atoms with van der Waals surface area (Å²) in [5.41, 5.74) is 1.91. The van der Waals surface area contributed by atoms with Crippen LogP contribution >= 0.6 is 38.6 Å². The molecule has 0 atom stereocenters. The van der Waals surface area contributed by atoms with E-state index in [4.69, 9.17) is 0 Å². The summed E-state index contributed by atoms with van der Waals surface area (Å²) in [5, 5.41) is 7.77. The second kappa shape index (κ2) is 7.07. The molecule has 4 rings (SSSR count). The van der Waals surface area contributed by atoms with Crippen molar-refractivity contribution < 1.29 is 4.79 Å². The van der Waals surface area contributed by atoms with Crippen molar-refractivity contribution in [3.63, 3.8) is 0 Å². The van der Waals surface area contributed by atoms with E-state index in [2.05, 4.69) is 38.4 Å². The highest BCUT2D eigenvalue weighted by Crippen LogP contribution is 2.33. The molecule has 2 heterocycles. The molecule has 1 N–H and O–H groups in total. The predicted octanol–water partition coefficient (Wildman–Crippen LogP) is 5.97. The summed E-state index contributed by atoms with van der Waals surface area (Å²) < 4.78 is 1.07. The van der Waals surface area contributed by atoms with Gasteiger partial charge >= 0.3 is 0 Å². The van der Waals surface area contributed by atoms with Crippen LogP contribution in [0, 0.1) is 0 Å². The van der Waals surface area contributed by atoms with E-state index >= 15 is 0 Å². The molecule has 0 saturated heterocycles. The van der Waals surface area contributed by atoms with E-state index in [9.17, 15) is 4.79 Å². The minimum Gasteiger partial charge on any atom is -0.302 e. The van der Waals surface area contributed by atoms with E-state index in [-0.39, 0.29) is 5.91 Å². The van der Waals surface area contributed by atoms with Gasteiger partial charge in [-0.2, -0.15) is 0 Å². The molecule has 124 valence electrons. The van der Waals surface area contributed by atoms with Crippen LogP contribution in [0.1, 0.15) is 5.56 Å². The number of thiophene rings is 1. The number of nitrogens with one attached hydrogen (secondary N) is 1. The first-order valence-corrected chi connectivity index (χ1v) is 10.2. The molecular formula is C19H13BrN2OS2. The smallest absolute Gasteiger partial charge is 0.230 e. The van der Waals surface area contributed by atoms with Gasteiger partial charge in [-0.05, 0) is 44.4 Å². The quantitative estimate of drug-likeness (QED) is 0.434. The molecule has 0 bridgehead atoms. The lowest BCUT2D eigenvalue weighted by molar-refractivity contribution is -0.115. The molecule has 1 amide bonds. The summed E-state index contributed by atoms with van der Waals surface area (Å²) in [6.45, 7) is 0. The topological polar surface area (TPSA) is 42.0 Å². The third-order valence-corrected chi connectivity index (χ3v) is 6.21. The zero-order valence-electron chi connectivity index (χ0n) is 13.0. The largest absolute Gasteiger partial charge is 0.302 e. The van der Waals surface area contributed by atoms with Gasteiger partial charge in [-0.3, -0.25) is 4.79 Å². The van der Waals surface area contributed by atoms with Crippen LogP contribution in [-0.2, 0) is 11.2 Å². The molecule has 0 aliphatic carbocycles. The minimum atomic E-state index is -0.0513. The van der Waals surface area contributed by atoms with E-state index < -0.39 is 0 Å². The number of aromatic nitrogens is 1. The zero-order valence-corrected chi connectivity index (χ0v) is 16.2. The van der Waals surface area contributed by atoms with Crippen molar-refractivity contribution in [1.29, 1.82) is 0 Å². The fraction of sp³-hybridized carbons (Fsp3) is 0.0526. The second-order valence-corrected chi connectivity index (χ2v) is 8.83. The first kappa shape index (κ1) is 16.4. The van der Waals surface area contributed by atoms with Gasteiger partial charge in [-0.1, -0.05) is 42.5 Å². The van der Waals surface area contributed by atoms with Gasteiger partial charge in [0.1, 0.15) is 0 Å². The number of halogens is 1. The maximum absolute atomic E-state index is 12.4. The van der Waals surface area contributed by atoms with E-state index in [0.717, 1.165) is 30.7 Å². The fourth-order valence-corrected chi connectivity index (χ4v) is 4.83. The van der Waals surface area contributed by atoms with Gasteiger partial charge in [0.2, 0.25) is 5.91 Å². The van der Waals surface area contributed by atoms with E-state index in [1.165, 1.54) is 11.3 Å². The summed E-state index contributed by atoms with van der Waals surface area (Å²) in [5.74, 6) is -0.0513. The Balaban J connectivity index is 1.50. The predicted molar refractivity (Wildman–Crippen MR) is 109 cm³/mol. The number of carbonyl (C=O) groups excluding carboxylic acids is 1. The van der Waals surface area contributed by atoms with E-state index in [1.54, 1.807) is 11.3 Å². The maximum Gasteiger partial charge on any atom is 0.230 e. The monoisotopic (exact) mass is 428 g/mol. The second-order valence-electron chi connectivity index (χ2n) is 5.50. The number of fused-ring (bicyclic) bond motifs is 1. The van der Waals surface area contributed by atoms with Crippen LogP contribution in [0.2, 0.25) is 0 Å². The number of thiazole rings is 1. The normalized spacial score (nSPS) is 10.9. The van der Waals surface area contributed by atoms with Crippen molar-refractivity contribution in [3.8, 4) is 10.6 Å². The van der Waals surface area contributed by atoms with Gasteiger partial charge in [0.05, 0.1) is 20.8 Å². The third-order valence-electron chi connectivity index (χ3n) is 3.81. The molecule has 0 fully saturated rings. The lowest BCUT2D eigenvalue weighted by atomic mass is 10.0. The van der Waals surface area contributed by atoms with Crippen molar-refractivity contribution >= 4 is 60.4 Å². The van der Waals surface area contributed by atoms with Gasteiger partial charge in [0, 0.05) is 5.38 Å². The summed E-state index contributed by atoms with van der Waals surface area (Å²) in [7, 11) is 0. The number of hydrogen-bond donors (Lipinski definition) is 1. The Kier molecular flexibility index (Phi) is 4.65. The van der Waals surface area contributed by atoms with E-state index in [0.29, 0.717) is 11.6 Å². The van der Waals surface area contributed by atoms with Gasteiger partial charge in [0.25, 0.3) is 0 Å². The lowest BCUT2D eigenvalue weighted by Gasteiger charge is -2.06. The van der Waals surface area contributed by atoms with Crippen molar-refractivity contribution in [2.45, 2.75) is 6.42 Å². The van der Waals surface area contributed by atoms with Crippen LogP contribution in [-0.4, -0.2) is 10.9 Å². The summed E-state index contributed by atoms with van der Waals surface area (Å²) in [4.78, 5) is 18.0. The van der Waals surface area contributed by atoms with Crippen LogP contribution in [0.4, 0.5) is 5.13 Å². The SMILES string of the molecule is O=C(Cc1cccc2ccccc12)Nc1nc(-c2ccc(Br)s2)cs1. The molecule has 0 saturated carbocycles. The van der Waals surface area contributed by atoms with Crippen LogP contribution in [0.3, 0.4) is 0 Å². The van der Waals surface area contributed by atoms with Crippen LogP contribution in [0.15, 0.2) is 63.8 Å². The number of rotatable bonds is 4. The number of nitrogens with zero attached hydrogens (tertiary/aromatic N) is 1. The summed E-state index contributed by atoms with van der Waals surface area (Å²) in [6.07, 6.45) is 0.334. The highest BCUT2D eigenvalue weighted by atomic mass is 79.9. The Bertz CT molecular complexity index is 1050. The van der Waals surface area contributed by atoms with Gasteiger partial charge < -0.3 is 5.32 Å². The molecule has 2 aromatic carbocycles. The Labute approximate surface area is 161 Å². The van der Waals surface area contributed by atoms with Gasteiger partial charge in [0.15, 0.2) is 5.13 Å². The zero-order chi connectivity index (χ0) is 17.2. The molecule has 0 radical (unpaired) electrons. The number of amides is 1. The fourth-order valence-electron chi connectivity index (χ4n) is 2.68. The molecule has 0 unspecified atom stereocenters. The van der Waals surface area contributed by atoms with Crippen LogP contribution in [0.5, 0.6) is 0 Å². The first-order chi connectivity index (χ1) is 12.2. The highest BCUT2D eigenvalue weighted by molar-refractivity contribution is 9.11. The molecule has 3 nitrogen and oxygen atoms in total. The Morgan fingerprint density at radius 1 is 1.08 bits per heavy atom. The Morgan fingerprint density at radius 2 is 1.92 bits per heavy atom. The molecule has 25 heavy (non-hydrogen) atoms. The number of anilines is 1. The molecule has 6 heteroatoms. The summed E-state index contributed by atoms with van der Waals surface area (Å²) >= 11 is 6.53. The van der Waals surface area contributed by atoms with Crippen molar-refractivity contribution in [1.82, 2.24) is 4.98 Å². The number of carbonyl (C=O) groups is 1. The number of hydrogen-bond acceptors (Lipinski definition) is 4. The Morgan fingerprint density at radius 3 is 2.76 bits per heavy atom. The standard InChI is InChI=1S/C19H13BrN2OS2/c20-17-9-8-16(25-17)15-11-24-19(21-15)22-18(23)10-13-6-3-5-12-4-1-2-7-14(12)13/h1-9,11H,10H2,(H,21,22,23). The average molecular weight is 429 g/mol. The molecule has 0 spiro atoms. The molecule has 0 aliphatic heterocycles. The molecular weight excluding hydrogens is 416 g/mol. The average Bonchev–Trinajstić information content (AvgIpc) is 3.24. The van der Waals surface area contributed by atoms with E-state index in [1.807, 2.05) is 47.8 Å². The van der Waals surface area contributed by atoms with Crippen molar-refractivity contribution in [3.05, 3.63) is 69.3 Å². The highest BCUT2D eigenvalue weighted by Gasteiger charge is 2.11. The minimum absolute atomic E-state index is 0.0513. The maximum atomic E-state index is 12.4. The van der Waals surface area contributed by atoms with Gasteiger partial charge in [-0.15, -0.1) is 22.7 Å². The lowest BCUT2D eigenvalue weighted by Crippen LogP contribution is -2.14. The number of benzene rings is 2. The molecule has 0 aliphatic rings. The first-order valence-electron chi connectivity index (χ1n) is 7.67. The van der Waals surface area contributed by atoms with Crippen LogP contribution < -0.4 is 5.32 Å². The van der Waals surface area contributed by atoms with Crippen LogP contribution in [0.25, 0.3) is 21.3 Å². The molecule has 2 aromatic heterocycles.